The van der Waals surface area contributed by atoms with Crippen LogP contribution < -0.4 is 10.6 Å². The topological polar surface area (TPSA) is 49.7 Å². The van der Waals surface area contributed by atoms with Crippen LogP contribution in [0.4, 0.5) is 0 Å². The summed E-state index contributed by atoms with van der Waals surface area (Å²) in [4.78, 5) is 15.3. The second-order valence-corrected chi connectivity index (χ2v) is 2.78. The lowest BCUT2D eigenvalue weighted by Crippen LogP contribution is -2.30. The predicted molar refractivity (Wildman–Crippen MR) is 47.9 cm³/mol. The van der Waals surface area contributed by atoms with E-state index in [1.807, 2.05) is 0 Å². The molecule has 3 heteroatoms. The molecule has 0 fully saturated rings. The van der Waals surface area contributed by atoms with Gasteiger partial charge in [0.25, 0.3) is 0 Å². The number of rotatable bonds is 0. The van der Waals surface area contributed by atoms with Crippen molar-refractivity contribution in [3.63, 3.8) is 0 Å². The third-order valence-corrected chi connectivity index (χ3v) is 1.92. The summed E-state index contributed by atoms with van der Waals surface area (Å²) in [5.41, 5.74) is 0.245. The van der Waals surface area contributed by atoms with Crippen molar-refractivity contribution in [3.05, 3.63) is 40.5 Å². The Morgan fingerprint density at radius 3 is 2.85 bits per heavy atom. The van der Waals surface area contributed by atoms with E-state index >= 15 is 0 Å². The van der Waals surface area contributed by atoms with Gasteiger partial charge in [-0.2, -0.15) is 0 Å². The van der Waals surface area contributed by atoms with Crippen molar-refractivity contribution in [1.29, 1.82) is 0 Å². The SMILES string of the molecule is C=c1ccc(O)c2c1=NC=CC2=O. The Balaban J connectivity index is 2.98. The average Bonchev–Trinajstić information content (AvgIpc) is 2.12. The zero-order valence-electron chi connectivity index (χ0n) is 6.82. The van der Waals surface area contributed by atoms with Crippen LogP contribution in [0.15, 0.2) is 29.4 Å². The van der Waals surface area contributed by atoms with Gasteiger partial charge in [0.1, 0.15) is 5.75 Å². The Morgan fingerprint density at radius 1 is 1.38 bits per heavy atom. The molecule has 0 unspecified atom stereocenters. The molecule has 0 saturated carbocycles. The van der Waals surface area contributed by atoms with Crippen LogP contribution >= 0.6 is 0 Å². The highest BCUT2D eigenvalue weighted by Crippen LogP contribution is 2.12. The summed E-state index contributed by atoms with van der Waals surface area (Å²) < 4.78 is 0. The molecule has 0 aromatic heterocycles. The van der Waals surface area contributed by atoms with E-state index in [1.54, 1.807) is 6.07 Å². The number of ketones is 1. The molecule has 1 heterocycles. The molecule has 0 radical (unpaired) electrons. The third kappa shape index (κ3) is 1.05. The number of fused-ring (bicyclic) bond motifs is 1. The number of aromatic hydroxyl groups is 1. The lowest BCUT2D eigenvalue weighted by molar-refractivity contribution is 0.104. The van der Waals surface area contributed by atoms with Gasteiger partial charge in [-0.15, -0.1) is 0 Å². The van der Waals surface area contributed by atoms with Gasteiger partial charge in [0.2, 0.25) is 0 Å². The molecule has 0 atom stereocenters. The largest absolute Gasteiger partial charge is 0.507 e. The van der Waals surface area contributed by atoms with E-state index in [0.717, 1.165) is 0 Å². The molecule has 13 heavy (non-hydrogen) atoms. The summed E-state index contributed by atoms with van der Waals surface area (Å²) in [7, 11) is 0. The fourth-order valence-electron chi connectivity index (χ4n) is 1.28. The zero-order valence-corrected chi connectivity index (χ0v) is 6.82. The van der Waals surface area contributed by atoms with E-state index in [9.17, 15) is 9.90 Å². The second-order valence-electron chi connectivity index (χ2n) is 2.78. The van der Waals surface area contributed by atoms with E-state index in [2.05, 4.69) is 11.6 Å². The van der Waals surface area contributed by atoms with Gasteiger partial charge in [0.05, 0.1) is 10.9 Å². The molecule has 1 N–H and O–H groups in total. The van der Waals surface area contributed by atoms with Crippen LogP contribution in [0.2, 0.25) is 0 Å². The molecular weight excluding hydrogens is 166 g/mol. The van der Waals surface area contributed by atoms with Gasteiger partial charge in [-0.05, 0) is 17.4 Å². The molecule has 3 nitrogen and oxygen atoms in total. The maximum Gasteiger partial charge on any atom is 0.193 e. The maximum absolute atomic E-state index is 11.3. The van der Waals surface area contributed by atoms with Crippen molar-refractivity contribution >= 4 is 12.4 Å². The Kier molecular flexibility index (Phi) is 1.52. The Hall–Kier alpha value is -1.90. The van der Waals surface area contributed by atoms with Crippen LogP contribution in [0.25, 0.3) is 6.58 Å². The lowest BCUT2D eigenvalue weighted by atomic mass is 10.1. The fourth-order valence-corrected chi connectivity index (χ4v) is 1.28. The normalized spacial score (nSPS) is 13.7. The third-order valence-electron chi connectivity index (χ3n) is 1.92. The van der Waals surface area contributed by atoms with E-state index in [4.69, 9.17) is 0 Å². The highest BCUT2D eigenvalue weighted by atomic mass is 16.3. The van der Waals surface area contributed by atoms with Gasteiger partial charge < -0.3 is 5.11 Å². The van der Waals surface area contributed by atoms with Crippen molar-refractivity contribution in [1.82, 2.24) is 0 Å². The molecule has 0 aliphatic carbocycles. The van der Waals surface area contributed by atoms with Crippen LogP contribution in [-0.4, -0.2) is 10.9 Å². The first-order valence-electron chi connectivity index (χ1n) is 3.80. The molecule has 1 aromatic rings. The van der Waals surface area contributed by atoms with Gasteiger partial charge >= 0.3 is 0 Å². The summed E-state index contributed by atoms with van der Waals surface area (Å²) in [6.07, 6.45) is 2.74. The average molecular weight is 173 g/mol. The minimum absolute atomic E-state index is 0.0412. The van der Waals surface area contributed by atoms with E-state index in [1.165, 1.54) is 18.3 Å². The molecule has 0 saturated heterocycles. The molecule has 64 valence electrons. The van der Waals surface area contributed by atoms with Gasteiger partial charge in [-0.1, -0.05) is 6.58 Å². The van der Waals surface area contributed by atoms with Crippen molar-refractivity contribution in [2.45, 2.75) is 0 Å². The van der Waals surface area contributed by atoms with Gasteiger partial charge in [-0.25, -0.2) is 0 Å². The molecule has 2 rings (SSSR count). The van der Waals surface area contributed by atoms with Gasteiger partial charge in [0.15, 0.2) is 5.78 Å². The molecular formula is C10H7NO2. The van der Waals surface area contributed by atoms with E-state index in [0.29, 0.717) is 10.6 Å². The molecule has 1 aromatic carbocycles. The minimum Gasteiger partial charge on any atom is -0.507 e. The number of allylic oxidation sites excluding steroid dienone is 1. The number of hydrogen-bond acceptors (Lipinski definition) is 3. The summed E-state index contributed by atoms with van der Waals surface area (Å²) >= 11 is 0. The monoisotopic (exact) mass is 173 g/mol. The van der Waals surface area contributed by atoms with Crippen molar-refractivity contribution in [2.75, 3.05) is 0 Å². The smallest absolute Gasteiger partial charge is 0.193 e. The first kappa shape index (κ1) is 7.73. The van der Waals surface area contributed by atoms with Crippen LogP contribution in [0.3, 0.4) is 0 Å². The van der Waals surface area contributed by atoms with Crippen molar-refractivity contribution in [2.24, 2.45) is 4.99 Å². The minimum atomic E-state index is -0.229. The van der Waals surface area contributed by atoms with E-state index in [-0.39, 0.29) is 17.1 Å². The number of benzene rings is 1. The van der Waals surface area contributed by atoms with Gasteiger partial charge in [0, 0.05) is 12.3 Å². The second kappa shape index (κ2) is 2.55. The Bertz CT molecular complexity index is 514. The number of carbonyl (C=O) groups excluding carboxylic acids is 1. The number of nitrogens with zero attached hydrogens (tertiary/aromatic N) is 1. The first-order chi connectivity index (χ1) is 6.20. The van der Waals surface area contributed by atoms with Crippen LogP contribution in [0, 0.1) is 0 Å². The standard InChI is InChI=1S/C10H7NO2/c1-6-2-3-7(12)9-8(13)4-5-11-10(6)9/h2-5,12H,1H2. The molecule has 0 spiro atoms. The first-order valence-corrected chi connectivity index (χ1v) is 3.80. The molecule has 0 amide bonds. The summed E-state index contributed by atoms with van der Waals surface area (Å²) in [6.45, 7) is 3.72. The van der Waals surface area contributed by atoms with Crippen molar-refractivity contribution < 1.29 is 9.90 Å². The van der Waals surface area contributed by atoms with Crippen LogP contribution in [0.5, 0.6) is 5.75 Å². The molecule has 1 aliphatic heterocycles. The summed E-state index contributed by atoms with van der Waals surface area (Å²) in [6, 6.07) is 3.08. The Morgan fingerprint density at radius 2 is 2.15 bits per heavy atom. The number of hydrogen-bond donors (Lipinski definition) is 1. The highest BCUT2D eigenvalue weighted by Gasteiger charge is 2.13. The van der Waals surface area contributed by atoms with E-state index < -0.39 is 0 Å². The van der Waals surface area contributed by atoms with Gasteiger partial charge in [-0.3, -0.25) is 9.79 Å². The highest BCUT2D eigenvalue weighted by molar-refractivity contribution is 6.06. The predicted octanol–water partition coefficient (Wildman–Crippen LogP) is 0.132. The quantitative estimate of drug-likeness (QED) is 0.606. The number of phenolic OH excluding ortho intramolecular Hbond substituents is 1. The fraction of sp³-hybridized carbons (Fsp3) is 0. The molecule has 0 bridgehead atoms. The van der Waals surface area contributed by atoms with Crippen LogP contribution in [-0.2, 0) is 0 Å². The number of carbonyl (C=O) groups is 1. The maximum atomic E-state index is 11.3. The number of phenols is 1. The van der Waals surface area contributed by atoms with Crippen LogP contribution in [0.1, 0.15) is 10.4 Å². The zero-order chi connectivity index (χ0) is 9.42. The summed E-state index contributed by atoms with van der Waals surface area (Å²) in [5.74, 6) is -0.270. The Labute approximate surface area is 74.4 Å². The lowest BCUT2D eigenvalue weighted by Gasteiger charge is -2.03. The summed E-state index contributed by atoms with van der Waals surface area (Å²) in [5, 5.41) is 10.5. The van der Waals surface area contributed by atoms with Crippen molar-refractivity contribution in [3.8, 4) is 5.75 Å². The molecule has 1 aliphatic rings.